The highest BCUT2D eigenvalue weighted by molar-refractivity contribution is 5.99. The molecular formula is C22H25N3O3. The van der Waals surface area contributed by atoms with Crippen LogP contribution in [-0.2, 0) is 20.9 Å². The van der Waals surface area contributed by atoms with Crippen LogP contribution in [0.1, 0.15) is 12.0 Å². The molecule has 1 N–H and O–H groups in total. The van der Waals surface area contributed by atoms with Crippen LogP contribution in [0.15, 0.2) is 54.6 Å². The van der Waals surface area contributed by atoms with Crippen LogP contribution in [0.25, 0.3) is 0 Å². The molecule has 2 heterocycles. The van der Waals surface area contributed by atoms with Crippen LogP contribution in [0.3, 0.4) is 0 Å². The lowest BCUT2D eigenvalue weighted by Crippen LogP contribution is -2.37. The first-order valence-corrected chi connectivity index (χ1v) is 9.75. The Kier molecular flexibility index (Phi) is 5.58. The molecule has 0 saturated carbocycles. The molecule has 146 valence electrons. The van der Waals surface area contributed by atoms with Crippen LogP contribution < -0.4 is 10.2 Å². The van der Waals surface area contributed by atoms with Gasteiger partial charge in [0.15, 0.2) is 0 Å². The van der Waals surface area contributed by atoms with E-state index < -0.39 is 0 Å². The van der Waals surface area contributed by atoms with Crippen molar-refractivity contribution in [3.8, 4) is 0 Å². The summed E-state index contributed by atoms with van der Waals surface area (Å²) in [6.45, 7) is 3.99. The average Bonchev–Trinajstić information content (AvgIpc) is 3.10. The largest absolute Gasteiger partial charge is 0.378 e. The van der Waals surface area contributed by atoms with Crippen molar-refractivity contribution in [2.75, 3.05) is 43.1 Å². The van der Waals surface area contributed by atoms with Gasteiger partial charge >= 0.3 is 0 Å². The Balaban J connectivity index is 1.41. The van der Waals surface area contributed by atoms with Crippen molar-refractivity contribution in [3.63, 3.8) is 0 Å². The van der Waals surface area contributed by atoms with E-state index in [2.05, 4.69) is 10.2 Å². The third-order valence-corrected chi connectivity index (χ3v) is 5.32. The fourth-order valence-electron chi connectivity index (χ4n) is 3.80. The highest BCUT2D eigenvalue weighted by atomic mass is 16.5. The number of rotatable bonds is 5. The number of hydrogen-bond donors (Lipinski definition) is 1. The number of nitrogens with zero attached hydrogens (tertiary/aromatic N) is 2. The number of likely N-dealkylation sites (tertiary alicyclic amines) is 1. The molecule has 2 fully saturated rings. The van der Waals surface area contributed by atoms with Crippen molar-refractivity contribution in [2.45, 2.75) is 13.0 Å². The smallest absolute Gasteiger partial charge is 0.229 e. The molecule has 6 heteroatoms. The van der Waals surface area contributed by atoms with Gasteiger partial charge in [-0.15, -0.1) is 0 Å². The van der Waals surface area contributed by atoms with Crippen molar-refractivity contribution >= 4 is 23.2 Å². The summed E-state index contributed by atoms with van der Waals surface area (Å²) < 4.78 is 5.42. The highest BCUT2D eigenvalue weighted by Gasteiger charge is 2.34. The quantitative estimate of drug-likeness (QED) is 0.867. The second kappa shape index (κ2) is 8.44. The van der Waals surface area contributed by atoms with Gasteiger partial charge in [0.1, 0.15) is 0 Å². The Morgan fingerprint density at radius 1 is 1.04 bits per heavy atom. The van der Waals surface area contributed by atoms with Gasteiger partial charge in [-0.2, -0.15) is 0 Å². The summed E-state index contributed by atoms with van der Waals surface area (Å²) in [6, 6.07) is 17.7. The van der Waals surface area contributed by atoms with Gasteiger partial charge in [0, 0.05) is 32.6 Å². The molecule has 2 saturated heterocycles. The fraction of sp³-hybridized carbons (Fsp3) is 0.364. The Morgan fingerprint density at radius 3 is 2.54 bits per heavy atom. The molecule has 6 nitrogen and oxygen atoms in total. The average molecular weight is 379 g/mol. The van der Waals surface area contributed by atoms with Gasteiger partial charge in [-0.05, 0) is 17.7 Å². The minimum atomic E-state index is -0.325. The van der Waals surface area contributed by atoms with Gasteiger partial charge in [0.25, 0.3) is 0 Å². The zero-order chi connectivity index (χ0) is 19.3. The van der Waals surface area contributed by atoms with Crippen molar-refractivity contribution in [1.29, 1.82) is 0 Å². The van der Waals surface area contributed by atoms with E-state index in [0.29, 0.717) is 26.3 Å². The molecule has 1 unspecified atom stereocenters. The second-order valence-corrected chi connectivity index (χ2v) is 7.27. The molecule has 0 spiro atoms. The van der Waals surface area contributed by atoms with E-state index in [1.165, 1.54) is 0 Å². The number of carbonyl (C=O) groups excluding carboxylic acids is 2. The number of amides is 2. The molecule has 28 heavy (non-hydrogen) atoms. The number of carbonyl (C=O) groups is 2. The first-order valence-electron chi connectivity index (χ1n) is 9.75. The molecule has 2 aliphatic heterocycles. The summed E-state index contributed by atoms with van der Waals surface area (Å²) >= 11 is 0. The zero-order valence-corrected chi connectivity index (χ0v) is 15.8. The van der Waals surface area contributed by atoms with Crippen molar-refractivity contribution in [3.05, 3.63) is 60.2 Å². The molecule has 2 aromatic carbocycles. The highest BCUT2D eigenvalue weighted by Crippen LogP contribution is 2.28. The van der Waals surface area contributed by atoms with Crippen molar-refractivity contribution in [1.82, 2.24) is 4.90 Å². The predicted molar refractivity (Wildman–Crippen MR) is 108 cm³/mol. The van der Waals surface area contributed by atoms with Gasteiger partial charge in [-0.25, -0.2) is 0 Å². The van der Waals surface area contributed by atoms with Crippen LogP contribution in [0.4, 0.5) is 11.4 Å². The summed E-state index contributed by atoms with van der Waals surface area (Å²) in [5.74, 6) is -0.385. The summed E-state index contributed by atoms with van der Waals surface area (Å²) in [6.07, 6.45) is 0.262. The molecule has 2 aliphatic rings. The van der Waals surface area contributed by atoms with E-state index in [4.69, 9.17) is 4.74 Å². The SMILES string of the molecule is O=C(Nc1ccccc1N1CCOCC1)C1CC(=O)N(Cc2ccccc2)C1. The summed E-state index contributed by atoms with van der Waals surface area (Å²) in [5, 5.41) is 3.05. The fourth-order valence-corrected chi connectivity index (χ4v) is 3.80. The summed E-state index contributed by atoms with van der Waals surface area (Å²) in [5.41, 5.74) is 2.88. The van der Waals surface area contributed by atoms with Crippen LogP contribution >= 0.6 is 0 Å². The molecular weight excluding hydrogens is 354 g/mol. The van der Waals surface area contributed by atoms with E-state index in [1.807, 2.05) is 54.6 Å². The minimum absolute atomic E-state index is 0.0328. The number of ether oxygens (including phenoxy) is 1. The van der Waals surface area contributed by atoms with E-state index in [1.54, 1.807) is 4.90 Å². The predicted octanol–water partition coefficient (Wildman–Crippen LogP) is 2.51. The maximum atomic E-state index is 12.9. The third kappa shape index (κ3) is 4.17. The summed E-state index contributed by atoms with van der Waals surface area (Å²) in [4.78, 5) is 29.2. The lowest BCUT2D eigenvalue weighted by molar-refractivity contribution is -0.128. The second-order valence-electron chi connectivity index (χ2n) is 7.27. The van der Waals surface area contributed by atoms with Crippen LogP contribution in [0.2, 0.25) is 0 Å². The van der Waals surface area contributed by atoms with Crippen LogP contribution in [0.5, 0.6) is 0 Å². The van der Waals surface area contributed by atoms with Crippen molar-refractivity contribution < 1.29 is 14.3 Å². The number of hydrogen-bond acceptors (Lipinski definition) is 4. The lowest BCUT2D eigenvalue weighted by Gasteiger charge is -2.30. The Hall–Kier alpha value is -2.86. The molecule has 0 bridgehead atoms. The molecule has 1 atom stereocenters. The normalized spacial score (nSPS) is 19.7. The Morgan fingerprint density at radius 2 is 1.75 bits per heavy atom. The van der Waals surface area contributed by atoms with E-state index in [0.717, 1.165) is 30.0 Å². The maximum Gasteiger partial charge on any atom is 0.229 e. The Labute approximate surface area is 165 Å². The molecule has 0 aliphatic carbocycles. The number of morpholine rings is 1. The standard InChI is InChI=1S/C22H25N3O3/c26-21-14-18(16-25(21)15-17-6-2-1-3-7-17)22(27)23-19-8-4-5-9-20(19)24-10-12-28-13-11-24/h1-9,18H,10-16H2,(H,23,27). The van der Waals surface area contributed by atoms with Crippen LogP contribution in [-0.4, -0.2) is 49.6 Å². The van der Waals surface area contributed by atoms with Gasteiger partial charge in [0.05, 0.1) is 30.5 Å². The summed E-state index contributed by atoms with van der Waals surface area (Å²) in [7, 11) is 0. The molecule has 2 amide bonds. The molecule has 2 aromatic rings. The monoisotopic (exact) mass is 379 g/mol. The number of benzene rings is 2. The topological polar surface area (TPSA) is 61.9 Å². The maximum absolute atomic E-state index is 12.9. The minimum Gasteiger partial charge on any atom is -0.378 e. The van der Waals surface area contributed by atoms with Gasteiger partial charge in [0.2, 0.25) is 11.8 Å². The number of para-hydroxylation sites is 2. The van der Waals surface area contributed by atoms with Gasteiger partial charge in [-0.3, -0.25) is 9.59 Å². The van der Waals surface area contributed by atoms with E-state index >= 15 is 0 Å². The van der Waals surface area contributed by atoms with E-state index in [-0.39, 0.29) is 24.2 Å². The van der Waals surface area contributed by atoms with Crippen molar-refractivity contribution in [2.24, 2.45) is 5.92 Å². The first-order chi connectivity index (χ1) is 13.7. The van der Waals surface area contributed by atoms with Crippen LogP contribution in [0, 0.1) is 5.92 Å². The molecule has 4 rings (SSSR count). The van der Waals surface area contributed by atoms with Gasteiger partial charge < -0.3 is 19.9 Å². The van der Waals surface area contributed by atoms with Gasteiger partial charge in [-0.1, -0.05) is 42.5 Å². The first kappa shape index (κ1) is 18.5. The number of anilines is 2. The zero-order valence-electron chi connectivity index (χ0n) is 15.8. The lowest BCUT2D eigenvalue weighted by atomic mass is 10.1. The number of nitrogens with one attached hydrogen (secondary N) is 1. The molecule has 0 aromatic heterocycles. The Bertz CT molecular complexity index is 834. The molecule has 0 radical (unpaired) electrons. The third-order valence-electron chi connectivity index (χ3n) is 5.32. The van der Waals surface area contributed by atoms with E-state index in [9.17, 15) is 9.59 Å².